The van der Waals surface area contributed by atoms with Crippen molar-refractivity contribution in [1.82, 2.24) is 15.2 Å². The monoisotopic (exact) mass is 293 g/mol. The molecule has 1 amide bonds. The number of carbonyl (C=O) groups is 1. The standard InChI is InChI=1S/C14H23N5O2/c1-21-9-4-17-14(20)11-18-5-7-19(8-6-18)13-2-3-16-10-12(13)15/h2-3,10H,4-9,11,15H2,1H3,(H,17,20). The molecule has 1 saturated heterocycles. The molecule has 0 aromatic carbocycles. The normalized spacial score (nSPS) is 16.0. The molecule has 2 heterocycles. The summed E-state index contributed by atoms with van der Waals surface area (Å²) in [6.07, 6.45) is 3.42. The van der Waals surface area contributed by atoms with Gasteiger partial charge in [0.1, 0.15) is 0 Å². The number of pyridine rings is 1. The highest BCUT2D eigenvalue weighted by Gasteiger charge is 2.20. The van der Waals surface area contributed by atoms with Crippen molar-refractivity contribution in [2.45, 2.75) is 0 Å². The van der Waals surface area contributed by atoms with Gasteiger partial charge in [-0.05, 0) is 6.07 Å². The van der Waals surface area contributed by atoms with E-state index in [1.165, 1.54) is 0 Å². The second-order valence-corrected chi connectivity index (χ2v) is 5.04. The maximum Gasteiger partial charge on any atom is 0.234 e. The molecule has 1 aromatic heterocycles. The van der Waals surface area contributed by atoms with E-state index in [0.29, 0.717) is 25.4 Å². The molecular formula is C14H23N5O2. The fourth-order valence-electron chi connectivity index (χ4n) is 2.39. The molecule has 0 spiro atoms. The molecule has 7 nitrogen and oxygen atoms in total. The van der Waals surface area contributed by atoms with Gasteiger partial charge in [0.15, 0.2) is 0 Å². The maximum atomic E-state index is 11.7. The Kier molecular flexibility index (Phi) is 5.77. The van der Waals surface area contributed by atoms with Crippen molar-refractivity contribution in [3.8, 4) is 0 Å². The molecule has 0 atom stereocenters. The number of nitrogens with zero attached hydrogens (tertiary/aromatic N) is 3. The van der Waals surface area contributed by atoms with Crippen LogP contribution in [-0.2, 0) is 9.53 Å². The Labute approximate surface area is 125 Å². The Hall–Kier alpha value is -1.86. The summed E-state index contributed by atoms with van der Waals surface area (Å²) in [5.74, 6) is 0.0453. The lowest BCUT2D eigenvalue weighted by molar-refractivity contribution is -0.122. The van der Waals surface area contributed by atoms with E-state index in [2.05, 4.69) is 20.1 Å². The van der Waals surface area contributed by atoms with Gasteiger partial charge in [0.25, 0.3) is 0 Å². The van der Waals surface area contributed by atoms with Crippen molar-refractivity contribution in [2.75, 3.05) is 63.6 Å². The zero-order chi connectivity index (χ0) is 15.1. The number of nitrogen functional groups attached to an aromatic ring is 1. The zero-order valence-corrected chi connectivity index (χ0v) is 12.4. The average molecular weight is 293 g/mol. The molecule has 1 aliphatic rings. The van der Waals surface area contributed by atoms with Gasteiger partial charge >= 0.3 is 0 Å². The van der Waals surface area contributed by atoms with Crippen molar-refractivity contribution in [3.63, 3.8) is 0 Å². The number of methoxy groups -OCH3 is 1. The molecule has 0 saturated carbocycles. The topological polar surface area (TPSA) is 83.7 Å². The first-order valence-corrected chi connectivity index (χ1v) is 7.13. The highest BCUT2D eigenvalue weighted by molar-refractivity contribution is 5.78. The van der Waals surface area contributed by atoms with Crippen molar-refractivity contribution in [1.29, 1.82) is 0 Å². The van der Waals surface area contributed by atoms with Gasteiger partial charge in [-0.25, -0.2) is 0 Å². The molecule has 0 aliphatic carbocycles. The van der Waals surface area contributed by atoms with Crippen LogP contribution in [0, 0.1) is 0 Å². The van der Waals surface area contributed by atoms with Crippen molar-refractivity contribution < 1.29 is 9.53 Å². The second kappa shape index (κ2) is 7.80. The van der Waals surface area contributed by atoms with E-state index in [1.807, 2.05) is 6.07 Å². The Morgan fingerprint density at radius 1 is 1.43 bits per heavy atom. The second-order valence-electron chi connectivity index (χ2n) is 5.04. The van der Waals surface area contributed by atoms with Gasteiger partial charge in [-0.15, -0.1) is 0 Å². The number of aromatic nitrogens is 1. The van der Waals surface area contributed by atoms with Gasteiger partial charge in [0.2, 0.25) is 5.91 Å². The Bertz CT molecular complexity index is 460. The first-order chi connectivity index (χ1) is 10.2. The maximum absolute atomic E-state index is 11.7. The molecule has 7 heteroatoms. The molecule has 0 radical (unpaired) electrons. The molecule has 1 aromatic rings. The molecule has 1 aliphatic heterocycles. The van der Waals surface area contributed by atoms with Gasteiger partial charge < -0.3 is 20.7 Å². The van der Waals surface area contributed by atoms with Crippen LogP contribution in [0.3, 0.4) is 0 Å². The van der Waals surface area contributed by atoms with Gasteiger partial charge in [-0.2, -0.15) is 0 Å². The molecule has 0 unspecified atom stereocenters. The number of amides is 1. The smallest absolute Gasteiger partial charge is 0.234 e. The summed E-state index contributed by atoms with van der Waals surface area (Å²) in [6, 6.07) is 1.93. The average Bonchev–Trinajstić information content (AvgIpc) is 2.49. The van der Waals surface area contributed by atoms with Crippen LogP contribution in [0.4, 0.5) is 11.4 Å². The molecule has 3 N–H and O–H groups in total. The number of nitrogens with two attached hydrogens (primary N) is 1. The largest absolute Gasteiger partial charge is 0.396 e. The third-order valence-electron chi connectivity index (χ3n) is 3.54. The summed E-state index contributed by atoms with van der Waals surface area (Å²) in [6.45, 7) is 4.95. The Morgan fingerprint density at radius 2 is 2.19 bits per heavy atom. The molecule has 21 heavy (non-hydrogen) atoms. The quantitative estimate of drug-likeness (QED) is 0.691. The van der Waals surface area contributed by atoms with Crippen LogP contribution in [0.5, 0.6) is 0 Å². The van der Waals surface area contributed by atoms with E-state index in [9.17, 15) is 4.79 Å². The third-order valence-corrected chi connectivity index (χ3v) is 3.54. The fraction of sp³-hybridized carbons (Fsp3) is 0.571. The molecule has 116 valence electrons. The molecule has 2 rings (SSSR count). The first kappa shape index (κ1) is 15.5. The number of nitrogens with one attached hydrogen (secondary N) is 1. The highest BCUT2D eigenvalue weighted by Crippen LogP contribution is 2.22. The van der Waals surface area contributed by atoms with Crippen molar-refractivity contribution in [2.24, 2.45) is 0 Å². The molecular weight excluding hydrogens is 270 g/mol. The van der Waals surface area contributed by atoms with Crippen LogP contribution in [0.15, 0.2) is 18.5 Å². The number of ether oxygens (including phenoxy) is 1. The molecule has 0 bridgehead atoms. The lowest BCUT2D eigenvalue weighted by atomic mass is 10.2. The summed E-state index contributed by atoms with van der Waals surface area (Å²) in [4.78, 5) is 20.1. The summed E-state index contributed by atoms with van der Waals surface area (Å²) in [5, 5.41) is 2.84. The Balaban J connectivity index is 1.76. The van der Waals surface area contributed by atoms with Gasteiger partial charge in [0, 0.05) is 46.0 Å². The number of piperazine rings is 1. The van der Waals surface area contributed by atoms with Gasteiger partial charge in [-0.3, -0.25) is 14.7 Å². The van der Waals surface area contributed by atoms with Crippen LogP contribution in [-0.4, -0.2) is 68.8 Å². The fourth-order valence-corrected chi connectivity index (χ4v) is 2.39. The first-order valence-electron chi connectivity index (χ1n) is 7.13. The SMILES string of the molecule is COCCNC(=O)CN1CCN(c2ccncc2N)CC1. The number of hydrogen-bond acceptors (Lipinski definition) is 6. The van der Waals surface area contributed by atoms with Gasteiger partial charge in [-0.1, -0.05) is 0 Å². The van der Waals surface area contributed by atoms with Crippen LogP contribution in [0.1, 0.15) is 0 Å². The number of anilines is 2. The lowest BCUT2D eigenvalue weighted by Crippen LogP contribution is -2.49. The van der Waals surface area contributed by atoms with Crippen molar-refractivity contribution in [3.05, 3.63) is 18.5 Å². The summed E-state index contributed by atoms with van der Waals surface area (Å²) in [5.41, 5.74) is 7.66. The summed E-state index contributed by atoms with van der Waals surface area (Å²) in [7, 11) is 1.62. The zero-order valence-electron chi connectivity index (χ0n) is 12.4. The minimum Gasteiger partial charge on any atom is -0.396 e. The van der Waals surface area contributed by atoms with E-state index >= 15 is 0 Å². The van der Waals surface area contributed by atoms with E-state index < -0.39 is 0 Å². The number of carbonyl (C=O) groups excluding carboxylic acids is 1. The minimum absolute atomic E-state index is 0.0453. The van der Waals surface area contributed by atoms with E-state index in [-0.39, 0.29) is 5.91 Å². The summed E-state index contributed by atoms with van der Waals surface area (Å²) < 4.78 is 4.90. The Morgan fingerprint density at radius 3 is 2.86 bits per heavy atom. The minimum atomic E-state index is 0.0453. The van der Waals surface area contributed by atoms with Crippen LogP contribution < -0.4 is 16.0 Å². The van der Waals surface area contributed by atoms with Crippen LogP contribution >= 0.6 is 0 Å². The number of rotatable bonds is 6. The van der Waals surface area contributed by atoms with Crippen molar-refractivity contribution >= 4 is 17.3 Å². The highest BCUT2D eigenvalue weighted by atomic mass is 16.5. The lowest BCUT2D eigenvalue weighted by Gasteiger charge is -2.36. The molecule has 1 fully saturated rings. The van der Waals surface area contributed by atoms with Gasteiger partial charge in [0.05, 0.1) is 30.7 Å². The predicted molar refractivity (Wildman–Crippen MR) is 82.2 cm³/mol. The number of hydrogen-bond donors (Lipinski definition) is 2. The predicted octanol–water partition coefficient (Wildman–Crippen LogP) is -0.452. The van der Waals surface area contributed by atoms with E-state index in [0.717, 1.165) is 31.9 Å². The van der Waals surface area contributed by atoms with Crippen LogP contribution in [0.25, 0.3) is 0 Å². The van der Waals surface area contributed by atoms with E-state index in [1.54, 1.807) is 19.5 Å². The summed E-state index contributed by atoms with van der Waals surface area (Å²) >= 11 is 0. The van der Waals surface area contributed by atoms with E-state index in [4.69, 9.17) is 10.5 Å². The van der Waals surface area contributed by atoms with Crippen LogP contribution in [0.2, 0.25) is 0 Å². The third kappa shape index (κ3) is 4.57.